The maximum Gasteiger partial charge on any atom is 0.0547 e. The van der Waals surface area contributed by atoms with E-state index in [-0.39, 0.29) is 0 Å². The smallest absolute Gasteiger partial charge is 0.0547 e. The highest BCUT2D eigenvalue weighted by molar-refractivity contribution is 7.26. The van der Waals surface area contributed by atoms with Crippen LogP contribution in [0.1, 0.15) is 0 Å². The van der Waals surface area contributed by atoms with Gasteiger partial charge in [-0.15, -0.1) is 11.3 Å². The summed E-state index contributed by atoms with van der Waals surface area (Å²) in [5.74, 6) is 0. The zero-order chi connectivity index (χ0) is 30.5. The van der Waals surface area contributed by atoms with Crippen LogP contribution >= 0.6 is 11.3 Å². The molecular formula is C44H29NS. The van der Waals surface area contributed by atoms with Crippen molar-refractivity contribution in [3.05, 3.63) is 176 Å². The Labute approximate surface area is 272 Å². The summed E-state index contributed by atoms with van der Waals surface area (Å²) in [5.41, 5.74) is 8.29. The third-order valence-corrected chi connectivity index (χ3v) is 10.3. The maximum atomic E-state index is 2.47. The highest BCUT2D eigenvalue weighted by Gasteiger charge is 2.22. The number of anilines is 3. The third-order valence-electron chi connectivity index (χ3n) is 9.06. The summed E-state index contributed by atoms with van der Waals surface area (Å²) in [6.45, 7) is 0. The molecule has 1 aromatic heterocycles. The molecule has 0 aliphatic carbocycles. The van der Waals surface area contributed by atoms with Crippen LogP contribution < -0.4 is 4.90 Å². The topological polar surface area (TPSA) is 3.24 Å². The molecule has 0 saturated heterocycles. The van der Waals surface area contributed by atoms with Gasteiger partial charge in [-0.3, -0.25) is 0 Å². The molecule has 1 nitrogen and oxygen atoms in total. The van der Waals surface area contributed by atoms with Crippen molar-refractivity contribution < 1.29 is 0 Å². The van der Waals surface area contributed by atoms with Gasteiger partial charge in [0.2, 0.25) is 0 Å². The van der Waals surface area contributed by atoms with Crippen molar-refractivity contribution in [2.75, 3.05) is 4.90 Å². The van der Waals surface area contributed by atoms with Crippen LogP contribution in [0.4, 0.5) is 17.1 Å². The monoisotopic (exact) mass is 603 g/mol. The van der Waals surface area contributed by atoms with Crippen LogP contribution in [0.25, 0.3) is 64.0 Å². The van der Waals surface area contributed by atoms with Crippen molar-refractivity contribution >= 4 is 70.1 Å². The Kier molecular flexibility index (Phi) is 6.40. The number of para-hydroxylation sites is 1. The fourth-order valence-electron chi connectivity index (χ4n) is 6.91. The summed E-state index contributed by atoms with van der Waals surface area (Å²) in [5, 5.41) is 7.61. The molecule has 0 aliphatic heterocycles. The third kappa shape index (κ3) is 4.38. The second-order valence-corrected chi connectivity index (χ2v) is 12.8. The number of rotatable bonds is 5. The van der Waals surface area contributed by atoms with E-state index in [0.29, 0.717) is 0 Å². The molecule has 0 atom stereocenters. The molecule has 0 aliphatic rings. The standard InChI is InChI=1S/C44H29NS/c1-2-13-30(14-3-1)31-25-27-33(28-26-31)45(41-23-10-8-18-36(41)35-22-12-16-32-15-4-5-17-34(32)35)42-29-40-38-20-9-11-24-43(38)46-44(40)39-21-7-6-19-37(39)42/h1-29H. The highest BCUT2D eigenvalue weighted by Crippen LogP contribution is 2.48. The fourth-order valence-corrected chi connectivity index (χ4v) is 8.13. The number of fused-ring (bicyclic) bond motifs is 6. The Bertz CT molecular complexity index is 2520. The van der Waals surface area contributed by atoms with E-state index in [1.54, 1.807) is 0 Å². The van der Waals surface area contributed by atoms with E-state index in [4.69, 9.17) is 0 Å². The Morgan fingerprint density at radius 3 is 1.83 bits per heavy atom. The molecule has 0 fully saturated rings. The summed E-state index contributed by atoms with van der Waals surface area (Å²) >= 11 is 1.89. The second-order valence-electron chi connectivity index (χ2n) is 11.7. The summed E-state index contributed by atoms with van der Waals surface area (Å²) in [6.07, 6.45) is 0. The van der Waals surface area contributed by atoms with Crippen molar-refractivity contribution in [2.45, 2.75) is 0 Å². The number of hydrogen-bond donors (Lipinski definition) is 0. The average Bonchev–Trinajstić information content (AvgIpc) is 3.51. The molecule has 8 aromatic carbocycles. The maximum absolute atomic E-state index is 2.47. The molecule has 0 N–H and O–H groups in total. The number of thiophene rings is 1. The predicted molar refractivity (Wildman–Crippen MR) is 200 cm³/mol. The summed E-state index contributed by atoms with van der Waals surface area (Å²) in [4.78, 5) is 2.47. The van der Waals surface area contributed by atoms with E-state index in [0.717, 1.165) is 11.4 Å². The van der Waals surface area contributed by atoms with Gasteiger partial charge in [-0.05, 0) is 57.8 Å². The molecule has 0 bridgehead atoms. The minimum atomic E-state index is 1.12. The molecule has 216 valence electrons. The average molecular weight is 604 g/mol. The van der Waals surface area contributed by atoms with E-state index in [2.05, 4.69) is 181 Å². The van der Waals surface area contributed by atoms with Gasteiger partial charge in [0.25, 0.3) is 0 Å². The molecule has 1 heterocycles. The first-order valence-electron chi connectivity index (χ1n) is 15.7. The molecule has 0 amide bonds. The molecule has 9 aromatic rings. The molecular weight excluding hydrogens is 575 g/mol. The number of hydrogen-bond acceptors (Lipinski definition) is 2. The number of nitrogens with zero attached hydrogens (tertiary/aromatic N) is 1. The van der Waals surface area contributed by atoms with Crippen molar-refractivity contribution in [3.63, 3.8) is 0 Å². The quantitative estimate of drug-likeness (QED) is 0.189. The van der Waals surface area contributed by atoms with Crippen LogP contribution in [0.15, 0.2) is 176 Å². The lowest BCUT2D eigenvalue weighted by Crippen LogP contribution is -2.12. The Morgan fingerprint density at radius 1 is 0.370 bits per heavy atom. The van der Waals surface area contributed by atoms with Crippen LogP contribution in [0.3, 0.4) is 0 Å². The molecule has 46 heavy (non-hydrogen) atoms. The first-order valence-corrected chi connectivity index (χ1v) is 16.5. The van der Waals surface area contributed by atoms with Crippen molar-refractivity contribution in [2.24, 2.45) is 0 Å². The number of benzene rings is 8. The van der Waals surface area contributed by atoms with Gasteiger partial charge in [-0.25, -0.2) is 0 Å². The summed E-state index contributed by atoms with van der Waals surface area (Å²) in [6, 6.07) is 63.9. The van der Waals surface area contributed by atoms with E-state index >= 15 is 0 Å². The SMILES string of the molecule is c1ccc(-c2ccc(N(c3ccccc3-c3cccc4ccccc34)c3cc4c5ccccc5sc4c4ccccc34)cc2)cc1. The minimum absolute atomic E-state index is 1.12. The summed E-state index contributed by atoms with van der Waals surface area (Å²) < 4.78 is 2.65. The Morgan fingerprint density at radius 2 is 0.978 bits per heavy atom. The van der Waals surface area contributed by atoms with Crippen molar-refractivity contribution in [1.82, 2.24) is 0 Å². The van der Waals surface area contributed by atoms with E-state index in [1.807, 2.05) is 11.3 Å². The van der Waals surface area contributed by atoms with Gasteiger partial charge in [0.15, 0.2) is 0 Å². The lowest BCUT2D eigenvalue weighted by Gasteiger charge is -2.29. The molecule has 0 unspecified atom stereocenters. The summed E-state index contributed by atoms with van der Waals surface area (Å²) in [7, 11) is 0. The normalized spacial score (nSPS) is 11.5. The first kappa shape index (κ1) is 26.7. The largest absolute Gasteiger partial charge is 0.309 e. The van der Waals surface area contributed by atoms with Gasteiger partial charge in [0.05, 0.1) is 11.4 Å². The Balaban J connectivity index is 1.35. The zero-order valence-electron chi connectivity index (χ0n) is 25.1. The van der Waals surface area contributed by atoms with Gasteiger partial charge in [0.1, 0.15) is 0 Å². The molecule has 0 saturated carbocycles. The minimum Gasteiger partial charge on any atom is -0.309 e. The van der Waals surface area contributed by atoms with E-state index in [9.17, 15) is 0 Å². The van der Waals surface area contributed by atoms with Gasteiger partial charge in [-0.2, -0.15) is 0 Å². The van der Waals surface area contributed by atoms with Gasteiger partial charge >= 0.3 is 0 Å². The van der Waals surface area contributed by atoms with Crippen LogP contribution in [0.2, 0.25) is 0 Å². The van der Waals surface area contributed by atoms with Crippen molar-refractivity contribution in [1.29, 1.82) is 0 Å². The van der Waals surface area contributed by atoms with E-state index < -0.39 is 0 Å². The zero-order valence-corrected chi connectivity index (χ0v) is 25.9. The predicted octanol–water partition coefficient (Wildman–Crippen LogP) is 13.2. The first-order chi connectivity index (χ1) is 22.8. The van der Waals surface area contributed by atoms with Crippen LogP contribution in [0, 0.1) is 0 Å². The van der Waals surface area contributed by atoms with Crippen LogP contribution in [-0.4, -0.2) is 0 Å². The van der Waals surface area contributed by atoms with Gasteiger partial charge < -0.3 is 4.90 Å². The van der Waals surface area contributed by atoms with Gasteiger partial charge in [-0.1, -0.05) is 146 Å². The lowest BCUT2D eigenvalue weighted by molar-refractivity contribution is 1.30. The van der Waals surface area contributed by atoms with Crippen LogP contribution in [0.5, 0.6) is 0 Å². The Hall–Kier alpha value is -5.70. The fraction of sp³-hybridized carbons (Fsp3) is 0. The van der Waals surface area contributed by atoms with E-state index in [1.165, 1.54) is 69.7 Å². The molecule has 0 radical (unpaired) electrons. The highest BCUT2D eigenvalue weighted by atomic mass is 32.1. The van der Waals surface area contributed by atoms with Crippen molar-refractivity contribution in [3.8, 4) is 22.3 Å². The molecule has 0 spiro atoms. The molecule has 9 rings (SSSR count). The lowest BCUT2D eigenvalue weighted by atomic mass is 9.95. The van der Waals surface area contributed by atoms with Crippen LogP contribution in [-0.2, 0) is 0 Å². The molecule has 2 heteroatoms. The second kappa shape index (κ2) is 11.0. The van der Waals surface area contributed by atoms with Gasteiger partial charge in [0, 0.05) is 42.2 Å².